The SMILES string of the molecule is CCC(C)C(NC(=O)OC(C)(C)C)C(=O)N(CC)C(C(=O)NCC(=O)OC)c1cc(C)cc(C)c1. The Kier molecular flexibility index (Phi) is 11.2. The monoisotopic (exact) mass is 491 g/mol. The third kappa shape index (κ3) is 9.22. The van der Waals surface area contributed by atoms with Gasteiger partial charge in [-0.1, -0.05) is 49.6 Å². The number of nitrogens with one attached hydrogen (secondary N) is 2. The maximum absolute atomic E-state index is 13.8. The lowest BCUT2D eigenvalue weighted by molar-refractivity contribution is -0.145. The van der Waals surface area contributed by atoms with E-state index in [0.29, 0.717) is 12.0 Å². The van der Waals surface area contributed by atoms with Gasteiger partial charge in [-0.25, -0.2) is 4.79 Å². The Labute approximate surface area is 208 Å². The fourth-order valence-electron chi connectivity index (χ4n) is 3.73. The van der Waals surface area contributed by atoms with Crippen molar-refractivity contribution in [2.24, 2.45) is 5.92 Å². The van der Waals surface area contributed by atoms with Crippen molar-refractivity contribution in [1.29, 1.82) is 0 Å². The minimum Gasteiger partial charge on any atom is -0.468 e. The summed E-state index contributed by atoms with van der Waals surface area (Å²) in [6.45, 7) is 14.5. The molecule has 0 heterocycles. The lowest BCUT2D eigenvalue weighted by Gasteiger charge is -2.35. The Bertz CT molecular complexity index is 889. The van der Waals surface area contributed by atoms with Crippen molar-refractivity contribution in [3.63, 3.8) is 0 Å². The quantitative estimate of drug-likeness (QED) is 0.485. The van der Waals surface area contributed by atoms with Crippen LogP contribution in [0.1, 0.15) is 70.7 Å². The molecule has 0 aliphatic rings. The van der Waals surface area contributed by atoms with E-state index in [2.05, 4.69) is 15.4 Å². The molecule has 196 valence electrons. The minimum atomic E-state index is -1.01. The lowest BCUT2D eigenvalue weighted by atomic mass is 9.95. The summed E-state index contributed by atoms with van der Waals surface area (Å²) in [5.74, 6) is -1.75. The normalized spacial score (nSPS) is 13.7. The van der Waals surface area contributed by atoms with Gasteiger partial charge >= 0.3 is 12.1 Å². The maximum atomic E-state index is 13.8. The van der Waals surface area contributed by atoms with Gasteiger partial charge in [-0.15, -0.1) is 0 Å². The molecule has 0 fully saturated rings. The van der Waals surface area contributed by atoms with Gasteiger partial charge in [-0.2, -0.15) is 0 Å². The Morgan fingerprint density at radius 2 is 1.60 bits per heavy atom. The van der Waals surface area contributed by atoms with Crippen LogP contribution in [0.5, 0.6) is 0 Å². The van der Waals surface area contributed by atoms with Crippen molar-refractivity contribution in [2.75, 3.05) is 20.2 Å². The zero-order chi connectivity index (χ0) is 26.9. The summed E-state index contributed by atoms with van der Waals surface area (Å²) >= 11 is 0. The van der Waals surface area contributed by atoms with Crippen LogP contribution in [0.4, 0.5) is 4.79 Å². The number of amides is 3. The molecule has 0 aliphatic carbocycles. The highest BCUT2D eigenvalue weighted by molar-refractivity contribution is 5.93. The van der Waals surface area contributed by atoms with E-state index >= 15 is 0 Å². The largest absolute Gasteiger partial charge is 0.468 e. The molecule has 0 bridgehead atoms. The average molecular weight is 492 g/mol. The molecule has 0 saturated heterocycles. The van der Waals surface area contributed by atoms with E-state index in [1.807, 2.05) is 45.9 Å². The molecule has 9 heteroatoms. The first-order valence-electron chi connectivity index (χ1n) is 12.0. The zero-order valence-corrected chi connectivity index (χ0v) is 22.5. The first kappa shape index (κ1) is 29.9. The standard InChI is InChI=1S/C26H41N3O6/c1-10-18(5)21(28-25(33)35-26(6,7)8)24(32)29(11-2)22(23(31)27-15-20(30)34-9)19-13-16(3)12-17(4)14-19/h12-14,18,21-22H,10-11,15H2,1-9H3,(H,27,31)(H,28,33). The van der Waals surface area contributed by atoms with Gasteiger partial charge in [0.15, 0.2) is 0 Å². The van der Waals surface area contributed by atoms with E-state index in [-0.39, 0.29) is 19.0 Å². The van der Waals surface area contributed by atoms with Crippen molar-refractivity contribution in [2.45, 2.75) is 79.5 Å². The number of ether oxygens (including phenoxy) is 2. The van der Waals surface area contributed by atoms with Crippen molar-refractivity contribution >= 4 is 23.9 Å². The van der Waals surface area contributed by atoms with Gasteiger partial charge in [-0.05, 0) is 53.0 Å². The van der Waals surface area contributed by atoms with Crippen molar-refractivity contribution in [3.05, 3.63) is 34.9 Å². The van der Waals surface area contributed by atoms with E-state index in [4.69, 9.17) is 4.74 Å². The number of benzene rings is 1. The minimum absolute atomic E-state index is 0.199. The number of methoxy groups -OCH3 is 1. The second-order valence-corrected chi connectivity index (χ2v) is 9.75. The number of aryl methyl sites for hydroxylation is 2. The predicted molar refractivity (Wildman–Crippen MR) is 134 cm³/mol. The molecule has 2 N–H and O–H groups in total. The number of carbonyl (C=O) groups excluding carboxylic acids is 4. The molecule has 0 aliphatic heterocycles. The second-order valence-electron chi connectivity index (χ2n) is 9.75. The van der Waals surface area contributed by atoms with Gasteiger partial charge in [0, 0.05) is 6.54 Å². The molecule has 0 radical (unpaired) electrons. The first-order valence-corrected chi connectivity index (χ1v) is 12.0. The van der Waals surface area contributed by atoms with Crippen LogP contribution >= 0.6 is 0 Å². The summed E-state index contributed by atoms with van der Waals surface area (Å²) < 4.78 is 10.0. The van der Waals surface area contributed by atoms with Crippen molar-refractivity contribution < 1.29 is 28.7 Å². The average Bonchev–Trinajstić information content (AvgIpc) is 2.76. The summed E-state index contributed by atoms with van der Waals surface area (Å²) in [5, 5.41) is 5.28. The van der Waals surface area contributed by atoms with E-state index in [1.165, 1.54) is 12.0 Å². The molecule has 1 rings (SSSR count). The topological polar surface area (TPSA) is 114 Å². The van der Waals surface area contributed by atoms with E-state index < -0.39 is 41.6 Å². The fraction of sp³-hybridized carbons (Fsp3) is 0.615. The van der Waals surface area contributed by atoms with Gasteiger partial charge < -0.3 is 25.0 Å². The Hall–Kier alpha value is -3.10. The fourth-order valence-corrected chi connectivity index (χ4v) is 3.73. The smallest absolute Gasteiger partial charge is 0.408 e. The Morgan fingerprint density at radius 1 is 1.03 bits per heavy atom. The molecular formula is C26H41N3O6. The molecule has 0 saturated carbocycles. The first-order chi connectivity index (χ1) is 16.2. The molecule has 3 unspecified atom stereocenters. The van der Waals surface area contributed by atoms with Crippen molar-refractivity contribution in [1.82, 2.24) is 15.5 Å². The van der Waals surface area contributed by atoms with Crippen LogP contribution in [0.25, 0.3) is 0 Å². The van der Waals surface area contributed by atoms with Crippen LogP contribution in [0.15, 0.2) is 18.2 Å². The summed E-state index contributed by atoms with van der Waals surface area (Å²) in [5.41, 5.74) is 1.74. The number of carbonyl (C=O) groups is 4. The summed E-state index contributed by atoms with van der Waals surface area (Å²) in [4.78, 5) is 52.8. The number of esters is 1. The highest BCUT2D eigenvalue weighted by atomic mass is 16.6. The summed E-state index contributed by atoms with van der Waals surface area (Å²) in [6, 6.07) is 3.73. The Balaban J connectivity index is 3.44. The summed E-state index contributed by atoms with van der Waals surface area (Å²) in [7, 11) is 1.23. The van der Waals surface area contributed by atoms with Crippen LogP contribution in [-0.4, -0.2) is 60.6 Å². The van der Waals surface area contributed by atoms with E-state index in [1.54, 1.807) is 27.7 Å². The highest BCUT2D eigenvalue weighted by Gasteiger charge is 2.37. The molecule has 0 spiro atoms. The third-order valence-electron chi connectivity index (χ3n) is 5.53. The van der Waals surface area contributed by atoms with Gasteiger partial charge in [0.1, 0.15) is 24.2 Å². The van der Waals surface area contributed by atoms with E-state index in [0.717, 1.165) is 11.1 Å². The van der Waals surface area contributed by atoms with Crippen LogP contribution in [-0.2, 0) is 23.9 Å². The van der Waals surface area contributed by atoms with Gasteiger partial charge in [0.25, 0.3) is 0 Å². The third-order valence-corrected chi connectivity index (χ3v) is 5.53. The number of likely N-dealkylation sites (N-methyl/N-ethyl adjacent to an activating group) is 1. The highest BCUT2D eigenvalue weighted by Crippen LogP contribution is 2.26. The summed E-state index contributed by atoms with van der Waals surface area (Å²) in [6.07, 6.45) is -0.0859. The zero-order valence-electron chi connectivity index (χ0n) is 22.5. The maximum Gasteiger partial charge on any atom is 0.408 e. The van der Waals surface area contributed by atoms with Gasteiger partial charge in [-0.3, -0.25) is 14.4 Å². The lowest BCUT2D eigenvalue weighted by Crippen LogP contribution is -2.55. The van der Waals surface area contributed by atoms with E-state index in [9.17, 15) is 19.2 Å². The van der Waals surface area contributed by atoms with Gasteiger partial charge in [0.2, 0.25) is 11.8 Å². The van der Waals surface area contributed by atoms with Crippen molar-refractivity contribution in [3.8, 4) is 0 Å². The van der Waals surface area contributed by atoms with Crippen LogP contribution in [0.2, 0.25) is 0 Å². The second kappa shape index (κ2) is 13.1. The molecule has 3 amide bonds. The molecular weight excluding hydrogens is 450 g/mol. The van der Waals surface area contributed by atoms with Crippen LogP contribution < -0.4 is 10.6 Å². The number of hydrogen-bond acceptors (Lipinski definition) is 6. The molecule has 1 aromatic carbocycles. The number of rotatable bonds is 10. The molecule has 3 atom stereocenters. The molecule has 9 nitrogen and oxygen atoms in total. The Morgan fingerprint density at radius 3 is 2.06 bits per heavy atom. The molecule has 1 aromatic rings. The molecule has 35 heavy (non-hydrogen) atoms. The molecule has 0 aromatic heterocycles. The predicted octanol–water partition coefficient (Wildman–Crippen LogP) is 3.42. The van der Waals surface area contributed by atoms with Crippen LogP contribution in [0, 0.1) is 19.8 Å². The number of nitrogens with zero attached hydrogens (tertiary/aromatic N) is 1. The van der Waals surface area contributed by atoms with Gasteiger partial charge in [0.05, 0.1) is 7.11 Å². The number of alkyl carbamates (subject to hydrolysis) is 1. The van der Waals surface area contributed by atoms with Crippen LogP contribution in [0.3, 0.4) is 0 Å². The number of hydrogen-bond donors (Lipinski definition) is 2.